The summed E-state index contributed by atoms with van der Waals surface area (Å²) in [6.45, 7) is 1.24. The molecule has 0 aliphatic heterocycles. The second-order valence-electron chi connectivity index (χ2n) is 6.65. The molecule has 1 aliphatic carbocycles. The largest absolute Gasteiger partial charge is 0.494 e. The van der Waals surface area contributed by atoms with Gasteiger partial charge in [-0.15, -0.1) is 11.6 Å². The van der Waals surface area contributed by atoms with Crippen LogP contribution in [0.2, 0.25) is 0 Å². The van der Waals surface area contributed by atoms with E-state index in [1.165, 1.54) is 31.9 Å². The summed E-state index contributed by atoms with van der Waals surface area (Å²) >= 11 is 5.65. The van der Waals surface area contributed by atoms with Gasteiger partial charge in [-0.2, -0.15) is 0 Å². The molecule has 1 aromatic heterocycles. The van der Waals surface area contributed by atoms with Crippen molar-refractivity contribution in [2.45, 2.75) is 38.5 Å². The number of halogens is 1. The molecular formula is C20H25ClN2O3. The van der Waals surface area contributed by atoms with Crippen LogP contribution in [0.3, 0.4) is 0 Å². The van der Waals surface area contributed by atoms with Gasteiger partial charge in [0.05, 0.1) is 6.61 Å². The number of ether oxygens (including phenoxy) is 1. The zero-order valence-electron chi connectivity index (χ0n) is 14.9. The maximum absolute atomic E-state index is 12.2. The van der Waals surface area contributed by atoms with Crippen LogP contribution in [-0.4, -0.2) is 29.9 Å². The Balaban J connectivity index is 1.49. The zero-order valence-corrected chi connectivity index (χ0v) is 15.6. The maximum Gasteiger partial charge on any atom is 0.273 e. The van der Waals surface area contributed by atoms with Gasteiger partial charge in [-0.1, -0.05) is 31.7 Å². The van der Waals surface area contributed by atoms with Crippen LogP contribution in [0, 0.1) is 5.92 Å². The Morgan fingerprint density at radius 2 is 2.19 bits per heavy atom. The fraction of sp³-hybridized carbons (Fsp3) is 0.500. The Kier molecular flexibility index (Phi) is 6.95. The normalized spacial score (nSPS) is 13.6. The lowest BCUT2D eigenvalue weighted by Crippen LogP contribution is -2.24. The Morgan fingerprint density at radius 1 is 1.31 bits per heavy atom. The third-order valence-electron chi connectivity index (χ3n) is 4.39. The van der Waals surface area contributed by atoms with Crippen molar-refractivity contribution in [1.29, 1.82) is 0 Å². The molecule has 1 fully saturated rings. The van der Waals surface area contributed by atoms with Gasteiger partial charge in [-0.05, 0) is 37.0 Å². The lowest BCUT2D eigenvalue weighted by Gasteiger charge is -2.05. The second-order valence-corrected chi connectivity index (χ2v) is 7.03. The summed E-state index contributed by atoms with van der Waals surface area (Å²) < 4.78 is 11.1. The van der Waals surface area contributed by atoms with Gasteiger partial charge in [-0.3, -0.25) is 4.79 Å². The predicted octanol–water partition coefficient (Wildman–Crippen LogP) is 4.66. The molecule has 6 heteroatoms. The first kappa shape index (κ1) is 18.8. The highest BCUT2D eigenvalue weighted by molar-refractivity contribution is 6.17. The first-order valence-corrected chi connectivity index (χ1v) is 9.82. The van der Waals surface area contributed by atoms with Gasteiger partial charge < -0.3 is 14.5 Å². The number of amides is 1. The second kappa shape index (κ2) is 9.62. The van der Waals surface area contributed by atoms with E-state index in [4.69, 9.17) is 20.8 Å². The molecule has 0 atom stereocenters. The average Bonchev–Trinajstić information content (AvgIpc) is 3.34. The number of nitrogens with zero attached hydrogens (tertiary/aromatic N) is 1. The van der Waals surface area contributed by atoms with Gasteiger partial charge in [0.2, 0.25) is 5.89 Å². The van der Waals surface area contributed by atoms with Crippen molar-refractivity contribution >= 4 is 17.5 Å². The molecule has 5 nitrogen and oxygen atoms in total. The molecule has 26 heavy (non-hydrogen) atoms. The van der Waals surface area contributed by atoms with Crippen molar-refractivity contribution in [2.24, 2.45) is 5.92 Å². The summed E-state index contributed by atoms with van der Waals surface area (Å²) in [7, 11) is 0. The molecule has 1 heterocycles. The summed E-state index contributed by atoms with van der Waals surface area (Å²) in [5.41, 5.74) is 1.08. The molecule has 140 valence electrons. The van der Waals surface area contributed by atoms with E-state index in [-0.39, 0.29) is 5.91 Å². The molecule has 0 bridgehead atoms. The van der Waals surface area contributed by atoms with Crippen molar-refractivity contribution in [3.05, 3.63) is 36.2 Å². The molecule has 0 unspecified atom stereocenters. The molecule has 1 aliphatic rings. The molecule has 2 aromatic rings. The van der Waals surface area contributed by atoms with E-state index in [0.29, 0.717) is 30.6 Å². The minimum absolute atomic E-state index is 0.194. The highest BCUT2D eigenvalue weighted by Crippen LogP contribution is 2.33. The third-order valence-corrected chi connectivity index (χ3v) is 4.65. The Bertz CT molecular complexity index is 713. The van der Waals surface area contributed by atoms with E-state index < -0.39 is 0 Å². The van der Waals surface area contributed by atoms with Crippen LogP contribution in [0.5, 0.6) is 5.75 Å². The van der Waals surface area contributed by atoms with Crippen LogP contribution >= 0.6 is 11.6 Å². The molecule has 0 radical (unpaired) electrons. The molecule has 0 saturated heterocycles. The quantitative estimate of drug-likeness (QED) is 0.457. The first-order chi connectivity index (χ1) is 12.8. The number of benzene rings is 1. The fourth-order valence-electron chi connectivity index (χ4n) is 2.73. The molecular weight excluding hydrogens is 352 g/mol. The molecule has 1 amide bonds. The van der Waals surface area contributed by atoms with Gasteiger partial charge in [0, 0.05) is 18.0 Å². The first-order valence-electron chi connectivity index (χ1n) is 9.29. The van der Waals surface area contributed by atoms with E-state index >= 15 is 0 Å². The van der Waals surface area contributed by atoms with Crippen molar-refractivity contribution in [3.8, 4) is 17.2 Å². The summed E-state index contributed by atoms with van der Waals surface area (Å²) in [4.78, 5) is 16.5. The fourth-order valence-corrected chi connectivity index (χ4v) is 2.84. The van der Waals surface area contributed by atoms with Crippen LogP contribution in [0.4, 0.5) is 0 Å². The Hall–Kier alpha value is -2.01. The average molecular weight is 377 g/mol. The van der Waals surface area contributed by atoms with Gasteiger partial charge in [0.1, 0.15) is 12.0 Å². The molecule has 0 spiro atoms. The number of unbranched alkanes of at least 4 members (excludes halogenated alkanes) is 1. The van der Waals surface area contributed by atoms with Crippen LogP contribution in [-0.2, 0) is 0 Å². The number of nitrogens with one attached hydrogen (secondary N) is 1. The number of hydrogen-bond donors (Lipinski definition) is 1. The monoisotopic (exact) mass is 376 g/mol. The van der Waals surface area contributed by atoms with Crippen LogP contribution in [0.15, 0.2) is 34.9 Å². The number of alkyl halides is 1. The van der Waals surface area contributed by atoms with E-state index in [1.54, 1.807) is 0 Å². The molecule has 1 saturated carbocycles. The van der Waals surface area contributed by atoms with Gasteiger partial charge >= 0.3 is 0 Å². The highest BCUT2D eigenvalue weighted by atomic mass is 35.5. The Labute approximate surface area is 159 Å². The smallest absolute Gasteiger partial charge is 0.273 e. The summed E-state index contributed by atoms with van der Waals surface area (Å²) in [5.74, 6) is 2.46. The summed E-state index contributed by atoms with van der Waals surface area (Å²) in [5, 5.41) is 2.90. The molecule has 3 rings (SSSR count). The summed E-state index contributed by atoms with van der Waals surface area (Å²) in [6, 6.07) is 7.46. The number of carbonyl (C=O) groups is 1. The maximum atomic E-state index is 12.2. The molecule has 1 N–H and O–H groups in total. The summed E-state index contributed by atoms with van der Waals surface area (Å²) in [6.07, 6.45) is 8.42. The number of rotatable bonds is 11. The van der Waals surface area contributed by atoms with Crippen LogP contribution in [0.25, 0.3) is 11.5 Å². The van der Waals surface area contributed by atoms with Crippen molar-refractivity contribution in [1.82, 2.24) is 10.3 Å². The van der Waals surface area contributed by atoms with Gasteiger partial charge in [0.25, 0.3) is 5.91 Å². The SMILES string of the molecule is O=C(NCCCCC1CC1)c1coc(-c2cccc(OCCCCl)c2)n1. The van der Waals surface area contributed by atoms with Crippen LogP contribution < -0.4 is 10.1 Å². The Morgan fingerprint density at radius 3 is 3.00 bits per heavy atom. The number of oxazole rings is 1. The predicted molar refractivity (Wildman–Crippen MR) is 102 cm³/mol. The van der Waals surface area contributed by atoms with Crippen molar-refractivity contribution in [3.63, 3.8) is 0 Å². The van der Waals surface area contributed by atoms with Gasteiger partial charge in [0.15, 0.2) is 5.69 Å². The standard InChI is InChI=1S/C20H25ClN2O3/c21-10-4-12-25-17-7-3-6-16(13-17)20-23-18(14-26-20)19(24)22-11-2-1-5-15-8-9-15/h3,6-7,13-15H,1-2,4-5,8-12H2,(H,22,24). The minimum Gasteiger partial charge on any atom is -0.494 e. The number of hydrogen-bond acceptors (Lipinski definition) is 4. The van der Waals surface area contributed by atoms with E-state index in [1.807, 2.05) is 24.3 Å². The lowest BCUT2D eigenvalue weighted by molar-refractivity contribution is 0.0948. The van der Waals surface area contributed by atoms with Crippen molar-refractivity contribution in [2.75, 3.05) is 19.0 Å². The van der Waals surface area contributed by atoms with E-state index in [9.17, 15) is 4.79 Å². The lowest BCUT2D eigenvalue weighted by atomic mass is 10.2. The van der Waals surface area contributed by atoms with Crippen molar-refractivity contribution < 1.29 is 13.9 Å². The number of aromatic nitrogens is 1. The van der Waals surface area contributed by atoms with E-state index in [0.717, 1.165) is 30.1 Å². The minimum atomic E-state index is -0.194. The van der Waals surface area contributed by atoms with Gasteiger partial charge in [-0.25, -0.2) is 4.98 Å². The van der Waals surface area contributed by atoms with E-state index in [2.05, 4.69) is 10.3 Å². The highest BCUT2D eigenvalue weighted by Gasteiger charge is 2.20. The number of carbonyl (C=O) groups excluding carboxylic acids is 1. The zero-order chi connectivity index (χ0) is 18.2. The molecule has 1 aromatic carbocycles. The topological polar surface area (TPSA) is 64.4 Å². The third kappa shape index (κ3) is 5.77. The van der Waals surface area contributed by atoms with Crippen LogP contribution in [0.1, 0.15) is 49.0 Å².